The van der Waals surface area contributed by atoms with Crippen LogP contribution in [0.4, 0.5) is 5.69 Å². The molecule has 0 aromatic heterocycles. The first kappa shape index (κ1) is 14.5. The molecule has 96 valence electrons. The van der Waals surface area contributed by atoms with E-state index in [9.17, 15) is 4.79 Å². The van der Waals surface area contributed by atoms with Gasteiger partial charge >= 0.3 is 0 Å². The fourth-order valence-corrected chi connectivity index (χ4v) is 1.96. The first-order valence-corrected chi connectivity index (χ1v) is 6.48. The van der Waals surface area contributed by atoms with Crippen LogP contribution in [0.2, 0.25) is 0 Å². The molecule has 1 atom stereocenters. The van der Waals surface area contributed by atoms with Gasteiger partial charge in [-0.05, 0) is 18.2 Å². The van der Waals surface area contributed by atoms with Gasteiger partial charge in [0.1, 0.15) is 0 Å². The van der Waals surface area contributed by atoms with Crippen LogP contribution in [-0.4, -0.2) is 40.3 Å². The maximum atomic E-state index is 11.5. The van der Waals surface area contributed by atoms with Gasteiger partial charge in [0.25, 0.3) is 0 Å². The Morgan fingerprint density at radius 3 is 3.00 bits per heavy atom. The molecule has 0 spiro atoms. The molecule has 0 radical (unpaired) electrons. The van der Waals surface area contributed by atoms with Gasteiger partial charge in [0.15, 0.2) is 0 Å². The van der Waals surface area contributed by atoms with E-state index in [-0.39, 0.29) is 18.3 Å². The Morgan fingerprint density at radius 2 is 2.33 bits per heavy atom. The lowest BCUT2D eigenvalue weighted by atomic mass is 10.2. The predicted molar refractivity (Wildman–Crippen MR) is 70.2 cm³/mol. The van der Waals surface area contributed by atoms with Crippen molar-refractivity contribution in [3.8, 4) is 6.07 Å². The van der Waals surface area contributed by atoms with Gasteiger partial charge in [-0.3, -0.25) is 4.79 Å². The van der Waals surface area contributed by atoms with Crippen molar-refractivity contribution < 1.29 is 15.0 Å². The first-order valence-electron chi connectivity index (χ1n) is 5.32. The molecule has 3 N–H and O–H groups in total. The third-order valence-corrected chi connectivity index (χ3v) is 3.12. The van der Waals surface area contributed by atoms with Gasteiger partial charge in [-0.2, -0.15) is 5.26 Å². The second-order valence-electron chi connectivity index (χ2n) is 3.59. The van der Waals surface area contributed by atoms with Gasteiger partial charge in [0.05, 0.1) is 30.1 Å². The fraction of sp³-hybridized carbons (Fsp3) is 0.333. The minimum absolute atomic E-state index is 0.188. The summed E-state index contributed by atoms with van der Waals surface area (Å²) in [6.45, 7) is -0.307. The van der Waals surface area contributed by atoms with E-state index in [4.69, 9.17) is 15.5 Å². The summed E-state index contributed by atoms with van der Waals surface area (Å²) in [4.78, 5) is 11.5. The number of thioether (sulfide) groups is 1. The topological polar surface area (TPSA) is 93.4 Å². The highest BCUT2D eigenvalue weighted by Crippen LogP contribution is 2.11. The SMILES string of the molecule is N#Cc1cccc(NC(=O)CSCC(O)CO)c1. The van der Waals surface area contributed by atoms with Crippen molar-refractivity contribution in [2.24, 2.45) is 0 Å². The number of benzene rings is 1. The molecule has 1 aromatic carbocycles. The third-order valence-electron chi connectivity index (χ3n) is 2.03. The van der Waals surface area contributed by atoms with E-state index < -0.39 is 6.10 Å². The van der Waals surface area contributed by atoms with E-state index in [1.54, 1.807) is 24.3 Å². The predicted octanol–water partition coefficient (Wildman–Crippen LogP) is 0.583. The Balaban J connectivity index is 2.38. The van der Waals surface area contributed by atoms with Crippen LogP contribution in [0.3, 0.4) is 0 Å². The van der Waals surface area contributed by atoms with Crippen molar-refractivity contribution in [1.29, 1.82) is 5.26 Å². The number of aliphatic hydroxyl groups is 2. The number of anilines is 1. The highest BCUT2D eigenvalue weighted by atomic mass is 32.2. The minimum Gasteiger partial charge on any atom is -0.394 e. The molecule has 1 aromatic rings. The number of hydrogen-bond acceptors (Lipinski definition) is 5. The number of aliphatic hydroxyl groups excluding tert-OH is 2. The lowest BCUT2D eigenvalue weighted by Gasteiger charge is -2.07. The number of nitrogens with zero attached hydrogens (tertiary/aromatic N) is 1. The second-order valence-corrected chi connectivity index (χ2v) is 4.62. The zero-order chi connectivity index (χ0) is 13.4. The van der Waals surface area contributed by atoms with Crippen LogP contribution in [0.25, 0.3) is 0 Å². The summed E-state index contributed by atoms with van der Waals surface area (Å²) >= 11 is 1.24. The Bertz CT molecular complexity index is 445. The van der Waals surface area contributed by atoms with E-state index in [0.717, 1.165) is 0 Å². The van der Waals surface area contributed by atoms with Crippen molar-refractivity contribution in [3.63, 3.8) is 0 Å². The number of amides is 1. The maximum Gasteiger partial charge on any atom is 0.234 e. The summed E-state index contributed by atoms with van der Waals surface area (Å²) in [7, 11) is 0. The average Bonchev–Trinajstić information content (AvgIpc) is 2.38. The Morgan fingerprint density at radius 1 is 1.56 bits per heavy atom. The van der Waals surface area contributed by atoms with Crippen LogP contribution in [-0.2, 0) is 4.79 Å². The van der Waals surface area contributed by atoms with Gasteiger partial charge in [-0.15, -0.1) is 11.8 Å². The molecule has 0 fully saturated rings. The van der Waals surface area contributed by atoms with Gasteiger partial charge in [-0.25, -0.2) is 0 Å². The number of nitriles is 1. The molecule has 0 aliphatic rings. The number of nitrogens with one attached hydrogen (secondary N) is 1. The van der Waals surface area contributed by atoms with Gasteiger partial charge in [0, 0.05) is 11.4 Å². The van der Waals surface area contributed by atoms with E-state index in [2.05, 4.69) is 5.32 Å². The first-order chi connectivity index (χ1) is 8.65. The largest absolute Gasteiger partial charge is 0.394 e. The minimum atomic E-state index is -0.801. The number of rotatable bonds is 6. The summed E-state index contributed by atoms with van der Waals surface area (Å²) in [5.41, 5.74) is 1.05. The van der Waals surface area contributed by atoms with Crippen LogP contribution < -0.4 is 5.32 Å². The molecule has 0 saturated heterocycles. The quantitative estimate of drug-likeness (QED) is 0.700. The van der Waals surface area contributed by atoms with Gasteiger partial charge in [0.2, 0.25) is 5.91 Å². The number of carbonyl (C=O) groups excluding carboxylic acids is 1. The van der Waals surface area contributed by atoms with Crippen molar-refractivity contribution in [3.05, 3.63) is 29.8 Å². The summed E-state index contributed by atoms with van der Waals surface area (Å²) in [6, 6.07) is 8.62. The van der Waals surface area contributed by atoms with Crippen LogP contribution >= 0.6 is 11.8 Å². The van der Waals surface area contributed by atoms with E-state index >= 15 is 0 Å². The molecule has 0 heterocycles. The van der Waals surface area contributed by atoms with Crippen LogP contribution in [0.5, 0.6) is 0 Å². The fourth-order valence-electron chi connectivity index (χ4n) is 1.20. The smallest absolute Gasteiger partial charge is 0.234 e. The summed E-state index contributed by atoms with van der Waals surface area (Å²) in [5.74, 6) is 0.288. The molecule has 0 aliphatic carbocycles. The molecule has 18 heavy (non-hydrogen) atoms. The highest BCUT2D eigenvalue weighted by molar-refractivity contribution is 8.00. The zero-order valence-corrected chi connectivity index (χ0v) is 10.5. The molecule has 0 saturated carbocycles. The van der Waals surface area contributed by atoms with Crippen LogP contribution in [0, 0.1) is 11.3 Å². The molecule has 5 nitrogen and oxygen atoms in total. The van der Waals surface area contributed by atoms with Gasteiger partial charge in [-0.1, -0.05) is 6.07 Å². The standard InChI is InChI=1S/C12H14N2O3S/c13-5-9-2-1-3-10(4-9)14-12(17)8-18-7-11(16)6-15/h1-4,11,15-16H,6-8H2,(H,14,17). The van der Waals surface area contributed by atoms with Crippen LogP contribution in [0.15, 0.2) is 24.3 Å². The molecular weight excluding hydrogens is 252 g/mol. The zero-order valence-electron chi connectivity index (χ0n) is 9.67. The molecule has 0 aliphatic heterocycles. The van der Waals surface area contributed by atoms with Crippen molar-refractivity contribution in [2.75, 3.05) is 23.4 Å². The van der Waals surface area contributed by atoms with E-state index in [1.165, 1.54) is 11.8 Å². The Kier molecular flexibility index (Phi) is 6.22. The number of hydrogen-bond donors (Lipinski definition) is 3. The highest BCUT2D eigenvalue weighted by Gasteiger charge is 2.06. The van der Waals surface area contributed by atoms with Crippen molar-refractivity contribution >= 4 is 23.4 Å². The number of carbonyl (C=O) groups is 1. The summed E-state index contributed by atoms with van der Waals surface area (Å²) in [5, 5.41) is 29.0. The summed E-state index contributed by atoms with van der Waals surface area (Å²) < 4.78 is 0. The lowest BCUT2D eigenvalue weighted by Crippen LogP contribution is -2.19. The molecule has 1 unspecified atom stereocenters. The second kappa shape index (κ2) is 7.71. The Labute approximate surface area is 109 Å². The lowest BCUT2D eigenvalue weighted by molar-refractivity contribution is -0.113. The van der Waals surface area contributed by atoms with Crippen molar-refractivity contribution in [1.82, 2.24) is 0 Å². The molecule has 0 bridgehead atoms. The van der Waals surface area contributed by atoms with Gasteiger partial charge < -0.3 is 15.5 Å². The molecule has 1 amide bonds. The Hall–Kier alpha value is -1.55. The summed E-state index contributed by atoms with van der Waals surface area (Å²) in [6.07, 6.45) is -0.801. The third kappa shape index (κ3) is 5.19. The average molecular weight is 266 g/mol. The normalized spacial score (nSPS) is 11.6. The molecule has 1 rings (SSSR count). The van der Waals surface area contributed by atoms with E-state index in [1.807, 2.05) is 6.07 Å². The maximum absolute atomic E-state index is 11.5. The molecule has 6 heteroatoms. The molecular formula is C12H14N2O3S. The van der Waals surface area contributed by atoms with Crippen molar-refractivity contribution in [2.45, 2.75) is 6.10 Å². The van der Waals surface area contributed by atoms with E-state index in [0.29, 0.717) is 17.0 Å². The monoisotopic (exact) mass is 266 g/mol. The van der Waals surface area contributed by atoms with Crippen LogP contribution in [0.1, 0.15) is 5.56 Å².